The number of hydrogen-bond acceptors (Lipinski definition) is 7. The molecule has 16 heteroatoms. The standard InChI is InChI=1S/C22H16ClF3N10O2/c1-11-7-12(27-2)8-14(19(37)28-3)17(11)30-20(38)16-9-13(10-35-21(22(24,25)26)31-33-34-35)32-36(16)18-15(23)5-4-6-29-18/h4-9H,10H2,1,3H3,(H,28,37)(H,30,38). The Morgan fingerprint density at radius 3 is 2.63 bits per heavy atom. The van der Waals surface area contributed by atoms with E-state index in [0.717, 1.165) is 4.68 Å². The van der Waals surface area contributed by atoms with E-state index >= 15 is 0 Å². The molecule has 0 spiro atoms. The molecule has 12 nitrogen and oxygen atoms in total. The van der Waals surface area contributed by atoms with Gasteiger partial charge in [0.1, 0.15) is 5.69 Å². The van der Waals surface area contributed by atoms with Crippen molar-refractivity contribution in [2.75, 3.05) is 12.4 Å². The van der Waals surface area contributed by atoms with Crippen LogP contribution in [0.4, 0.5) is 24.5 Å². The molecular formula is C22H16ClF3N10O2. The lowest BCUT2D eigenvalue weighted by molar-refractivity contribution is -0.147. The zero-order chi connectivity index (χ0) is 27.6. The van der Waals surface area contributed by atoms with Gasteiger partial charge in [-0.1, -0.05) is 17.7 Å². The van der Waals surface area contributed by atoms with Crippen molar-refractivity contribution < 1.29 is 22.8 Å². The van der Waals surface area contributed by atoms with Crippen molar-refractivity contribution in [3.63, 3.8) is 0 Å². The molecule has 0 aliphatic carbocycles. The summed E-state index contributed by atoms with van der Waals surface area (Å²) in [7, 11) is 1.40. The number of rotatable bonds is 6. The summed E-state index contributed by atoms with van der Waals surface area (Å²) in [6.07, 6.45) is -3.42. The molecule has 1 aromatic carbocycles. The molecule has 194 valence electrons. The summed E-state index contributed by atoms with van der Waals surface area (Å²) < 4.78 is 41.3. The van der Waals surface area contributed by atoms with E-state index in [4.69, 9.17) is 18.2 Å². The Kier molecular flexibility index (Phi) is 7.08. The van der Waals surface area contributed by atoms with Gasteiger partial charge in [-0.2, -0.15) is 18.3 Å². The van der Waals surface area contributed by atoms with Gasteiger partial charge in [0, 0.05) is 13.2 Å². The number of carbonyl (C=O) groups excluding carboxylic acids is 2. The van der Waals surface area contributed by atoms with Crippen LogP contribution in [0.2, 0.25) is 5.02 Å². The summed E-state index contributed by atoms with van der Waals surface area (Å²) in [5.74, 6) is -2.64. The van der Waals surface area contributed by atoms with Gasteiger partial charge in [0.15, 0.2) is 11.5 Å². The molecule has 0 unspecified atom stereocenters. The van der Waals surface area contributed by atoms with E-state index < -0.39 is 30.4 Å². The third kappa shape index (κ3) is 5.15. The van der Waals surface area contributed by atoms with Crippen LogP contribution in [0.15, 0.2) is 36.5 Å². The van der Waals surface area contributed by atoms with E-state index in [1.807, 2.05) is 0 Å². The number of nitrogens with one attached hydrogen (secondary N) is 2. The fourth-order valence-electron chi connectivity index (χ4n) is 3.52. The number of aromatic nitrogens is 7. The number of pyridine rings is 1. The van der Waals surface area contributed by atoms with Crippen molar-refractivity contribution >= 4 is 34.8 Å². The lowest BCUT2D eigenvalue weighted by Gasteiger charge is -2.15. The molecule has 4 rings (SSSR count). The highest BCUT2D eigenvalue weighted by Crippen LogP contribution is 2.29. The Hall–Kier alpha value is -4.84. The molecule has 0 fully saturated rings. The largest absolute Gasteiger partial charge is 0.453 e. The van der Waals surface area contributed by atoms with Crippen molar-refractivity contribution in [1.29, 1.82) is 0 Å². The van der Waals surface area contributed by atoms with Gasteiger partial charge >= 0.3 is 6.18 Å². The number of nitrogens with zero attached hydrogens (tertiary/aromatic N) is 8. The van der Waals surface area contributed by atoms with E-state index in [9.17, 15) is 22.8 Å². The number of amides is 2. The predicted octanol–water partition coefficient (Wildman–Crippen LogP) is 3.45. The highest BCUT2D eigenvalue weighted by molar-refractivity contribution is 6.32. The average molecular weight is 545 g/mol. The molecule has 0 atom stereocenters. The fourth-order valence-corrected chi connectivity index (χ4v) is 3.72. The highest BCUT2D eigenvalue weighted by atomic mass is 35.5. The number of carbonyl (C=O) groups is 2. The van der Waals surface area contributed by atoms with E-state index in [0.29, 0.717) is 10.2 Å². The third-order valence-corrected chi connectivity index (χ3v) is 5.48. The fraction of sp³-hybridized carbons (Fsp3) is 0.182. The van der Waals surface area contributed by atoms with Gasteiger partial charge in [-0.25, -0.2) is 19.2 Å². The quantitative estimate of drug-likeness (QED) is 0.355. The van der Waals surface area contributed by atoms with Crippen LogP contribution in [-0.2, 0) is 12.7 Å². The Balaban J connectivity index is 1.79. The second kappa shape index (κ2) is 10.3. The summed E-state index contributed by atoms with van der Waals surface area (Å²) in [4.78, 5) is 33.4. The molecule has 38 heavy (non-hydrogen) atoms. The molecule has 0 aliphatic rings. The molecule has 0 saturated carbocycles. The van der Waals surface area contributed by atoms with Crippen LogP contribution >= 0.6 is 11.6 Å². The first-order valence-corrected chi connectivity index (χ1v) is 11.0. The van der Waals surface area contributed by atoms with Crippen LogP contribution < -0.4 is 10.6 Å². The smallest absolute Gasteiger partial charge is 0.355 e. The minimum absolute atomic E-state index is 0.0127. The maximum absolute atomic E-state index is 13.5. The topological polar surface area (TPSA) is 137 Å². The predicted molar refractivity (Wildman–Crippen MR) is 127 cm³/mol. The van der Waals surface area contributed by atoms with Gasteiger partial charge in [0.2, 0.25) is 0 Å². The molecular weight excluding hydrogens is 529 g/mol. The second-order valence-electron chi connectivity index (χ2n) is 7.73. The van der Waals surface area contributed by atoms with Crippen molar-refractivity contribution in [2.45, 2.75) is 19.6 Å². The van der Waals surface area contributed by atoms with E-state index in [1.165, 1.54) is 37.5 Å². The molecule has 0 bridgehead atoms. The van der Waals surface area contributed by atoms with Crippen LogP contribution in [0.3, 0.4) is 0 Å². The average Bonchev–Trinajstić information content (AvgIpc) is 3.52. The Morgan fingerprint density at radius 1 is 1.21 bits per heavy atom. The normalized spacial score (nSPS) is 11.2. The first-order chi connectivity index (χ1) is 18.0. The van der Waals surface area contributed by atoms with Crippen LogP contribution in [0.5, 0.6) is 0 Å². The first-order valence-electron chi connectivity index (χ1n) is 10.6. The number of tetrazole rings is 1. The summed E-state index contributed by atoms with van der Waals surface area (Å²) in [6.45, 7) is 8.33. The molecule has 3 heterocycles. The van der Waals surface area contributed by atoms with Gasteiger partial charge in [0.05, 0.1) is 35.1 Å². The van der Waals surface area contributed by atoms with E-state index in [2.05, 4.69) is 41.1 Å². The van der Waals surface area contributed by atoms with E-state index in [-0.39, 0.29) is 39.2 Å². The Labute approximate surface area is 217 Å². The molecule has 0 saturated heterocycles. The highest BCUT2D eigenvalue weighted by Gasteiger charge is 2.38. The lowest BCUT2D eigenvalue weighted by atomic mass is 10.1. The molecule has 0 radical (unpaired) electrons. The van der Waals surface area contributed by atoms with Crippen molar-refractivity contribution in [2.24, 2.45) is 0 Å². The molecule has 3 aromatic heterocycles. The van der Waals surface area contributed by atoms with Gasteiger partial charge in [-0.05, 0) is 47.2 Å². The third-order valence-electron chi connectivity index (χ3n) is 5.19. The van der Waals surface area contributed by atoms with Crippen LogP contribution in [-0.4, -0.2) is 53.8 Å². The summed E-state index contributed by atoms with van der Waals surface area (Å²) in [5, 5.41) is 18.9. The molecule has 2 N–H and O–H groups in total. The van der Waals surface area contributed by atoms with Gasteiger partial charge in [-0.3, -0.25) is 9.59 Å². The maximum Gasteiger partial charge on any atom is 0.453 e. The second-order valence-corrected chi connectivity index (χ2v) is 8.14. The van der Waals surface area contributed by atoms with Crippen LogP contribution in [0.25, 0.3) is 10.7 Å². The van der Waals surface area contributed by atoms with Gasteiger partial charge in [0.25, 0.3) is 17.6 Å². The van der Waals surface area contributed by atoms with E-state index in [1.54, 1.807) is 13.0 Å². The Morgan fingerprint density at radius 2 is 1.97 bits per heavy atom. The number of anilines is 1. The summed E-state index contributed by atoms with van der Waals surface area (Å²) >= 11 is 6.25. The van der Waals surface area contributed by atoms with Crippen molar-refractivity contribution in [1.82, 2.24) is 40.3 Å². The minimum Gasteiger partial charge on any atom is -0.355 e. The maximum atomic E-state index is 13.5. The lowest BCUT2D eigenvalue weighted by Crippen LogP contribution is -2.23. The number of aryl methyl sites for hydroxylation is 1. The SMILES string of the molecule is [C-]#[N+]c1cc(C)c(NC(=O)c2cc(Cn3nnnc3C(F)(F)F)nn2-c2ncccc2Cl)c(C(=O)NC)c1. The molecule has 2 amide bonds. The van der Waals surface area contributed by atoms with Gasteiger partial charge < -0.3 is 10.6 Å². The van der Waals surface area contributed by atoms with Crippen molar-refractivity contribution in [3.05, 3.63) is 81.3 Å². The number of alkyl halides is 3. The zero-order valence-corrected chi connectivity index (χ0v) is 20.3. The van der Waals surface area contributed by atoms with Crippen molar-refractivity contribution in [3.8, 4) is 5.82 Å². The Bertz CT molecular complexity index is 1590. The number of halogens is 4. The zero-order valence-electron chi connectivity index (χ0n) is 19.6. The molecule has 0 aliphatic heterocycles. The number of hydrogen-bond donors (Lipinski definition) is 2. The number of benzene rings is 1. The first kappa shape index (κ1) is 26.2. The summed E-state index contributed by atoms with van der Waals surface area (Å²) in [5.41, 5.74) is 0.616. The summed E-state index contributed by atoms with van der Waals surface area (Å²) in [6, 6.07) is 7.08. The van der Waals surface area contributed by atoms with Crippen LogP contribution in [0, 0.1) is 13.5 Å². The van der Waals surface area contributed by atoms with Gasteiger partial charge in [-0.15, -0.1) is 5.10 Å². The monoisotopic (exact) mass is 544 g/mol. The minimum atomic E-state index is -4.82. The molecule has 4 aromatic rings. The van der Waals surface area contributed by atoms with Crippen LogP contribution in [0.1, 0.15) is 37.9 Å².